The van der Waals surface area contributed by atoms with Gasteiger partial charge in [-0.1, -0.05) is 24.3 Å². The fourth-order valence-electron chi connectivity index (χ4n) is 2.22. The van der Waals surface area contributed by atoms with Crippen molar-refractivity contribution in [2.75, 3.05) is 0 Å². The van der Waals surface area contributed by atoms with Gasteiger partial charge >= 0.3 is 0 Å². The van der Waals surface area contributed by atoms with Crippen molar-refractivity contribution in [2.24, 2.45) is 11.7 Å². The Kier molecular flexibility index (Phi) is 2.28. The van der Waals surface area contributed by atoms with E-state index in [1.807, 2.05) is 0 Å². The molecular formula is C12H15NO. The van der Waals surface area contributed by atoms with Crippen molar-refractivity contribution in [3.8, 4) is 0 Å². The first-order chi connectivity index (χ1) is 6.68. The van der Waals surface area contributed by atoms with Crippen LogP contribution in [0, 0.1) is 5.92 Å². The number of primary amides is 1. The lowest BCUT2D eigenvalue weighted by molar-refractivity contribution is -0.115. The van der Waals surface area contributed by atoms with E-state index in [2.05, 4.69) is 30.0 Å². The van der Waals surface area contributed by atoms with Crippen LogP contribution in [0.25, 0.3) is 0 Å². The minimum atomic E-state index is -0.333. The van der Waals surface area contributed by atoms with E-state index in [0.29, 0.717) is 0 Å². The number of fused-ring (bicyclic) bond motifs is 3. The van der Waals surface area contributed by atoms with Crippen LogP contribution >= 0.6 is 0 Å². The van der Waals surface area contributed by atoms with Gasteiger partial charge in [-0.05, 0) is 35.8 Å². The largest absolute Gasteiger partial charge is 0.370 e. The molecule has 2 N–H and O–H groups in total. The minimum absolute atomic E-state index is 0.333. The van der Waals surface area contributed by atoms with Crippen molar-refractivity contribution in [1.29, 1.82) is 0 Å². The lowest BCUT2D eigenvalue weighted by atomic mass is 10.1. The van der Waals surface area contributed by atoms with E-state index in [9.17, 15) is 4.79 Å². The predicted molar refractivity (Wildman–Crippen MR) is 55.9 cm³/mol. The highest BCUT2D eigenvalue weighted by Crippen LogP contribution is 2.55. The van der Waals surface area contributed by atoms with Crippen LogP contribution in [-0.4, -0.2) is 5.91 Å². The third-order valence-corrected chi connectivity index (χ3v) is 2.86. The Labute approximate surface area is 84.1 Å². The third-order valence-electron chi connectivity index (χ3n) is 2.86. The molecule has 1 aromatic rings. The summed E-state index contributed by atoms with van der Waals surface area (Å²) >= 11 is 0. The number of hydrogen-bond acceptors (Lipinski definition) is 1. The zero-order valence-electron chi connectivity index (χ0n) is 8.36. The normalized spacial score (nSPS) is 25.5. The summed E-state index contributed by atoms with van der Waals surface area (Å²) < 4.78 is 0. The van der Waals surface area contributed by atoms with E-state index in [-0.39, 0.29) is 5.91 Å². The predicted octanol–water partition coefficient (Wildman–Crippen LogP) is 1.84. The summed E-state index contributed by atoms with van der Waals surface area (Å²) in [6.07, 6.45) is 2.83. The first-order valence-electron chi connectivity index (χ1n) is 5.02. The Bertz CT molecular complexity index is 355. The van der Waals surface area contributed by atoms with E-state index in [1.165, 1.54) is 19.8 Å². The quantitative estimate of drug-likeness (QED) is 0.664. The summed E-state index contributed by atoms with van der Waals surface area (Å²) in [7, 11) is 0. The fraction of sp³-hybridized carbons (Fsp3) is 0.417. The molecule has 0 heterocycles. The Morgan fingerprint density at radius 3 is 2.71 bits per heavy atom. The number of amides is 1. The van der Waals surface area contributed by atoms with Crippen LogP contribution in [0.5, 0.6) is 0 Å². The van der Waals surface area contributed by atoms with Crippen LogP contribution in [0.3, 0.4) is 0 Å². The lowest BCUT2D eigenvalue weighted by Crippen LogP contribution is -2.01. The molecule has 74 valence electrons. The second kappa shape index (κ2) is 3.45. The van der Waals surface area contributed by atoms with E-state index in [0.717, 1.165) is 11.8 Å². The van der Waals surface area contributed by atoms with Gasteiger partial charge < -0.3 is 5.73 Å². The standard InChI is InChI=1S/C10H10.C2H5NO/c1-2-4-9-7(3-1)5-8-6-10(8)9;1-2(3)4/h1-4,8,10H,5-6H2;1H3,(H2,3,4). The molecule has 2 aliphatic rings. The highest BCUT2D eigenvalue weighted by Gasteiger charge is 2.44. The van der Waals surface area contributed by atoms with Gasteiger partial charge in [-0.3, -0.25) is 4.79 Å². The molecule has 2 aliphatic carbocycles. The van der Waals surface area contributed by atoms with Crippen LogP contribution in [0.1, 0.15) is 30.4 Å². The average molecular weight is 189 g/mol. The lowest BCUT2D eigenvalue weighted by Gasteiger charge is -1.98. The van der Waals surface area contributed by atoms with Crippen molar-refractivity contribution in [1.82, 2.24) is 0 Å². The molecule has 0 aliphatic heterocycles. The van der Waals surface area contributed by atoms with E-state index in [4.69, 9.17) is 0 Å². The van der Waals surface area contributed by atoms with Gasteiger partial charge in [0.1, 0.15) is 0 Å². The van der Waals surface area contributed by atoms with Gasteiger partial charge in [0.05, 0.1) is 0 Å². The summed E-state index contributed by atoms with van der Waals surface area (Å²) in [5.74, 6) is 1.67. The number of rotatable bonds is 0. The van der Waals surface area contributed by atoms with E-state index >= 15 is 0 Å². The number of hydrogen-bond donors (Lipinski definition) is 1. The fourth-order valence-corrected chi connectivity index (χ4v) is 2.22. The minimum Gasteiger partial charge on any atom is -0.370 e. The molecule has 2 nitrogen and oxygen atoms in total. The Morgan fingerprint density at radius 2 is 2.07 bits per heavy atom. The number of carbonyl (C=O) groups is 1. The molecule has 0 bridgehead atoms. The van der Waals surface area contributed by atoms with Crippen LogP contribution in [0.4, 0.5) is 0 Å². The summed E-state index contributed by atoms with van der Waals surface area (Å²) in [4.78, 5) is 9.22. The van der Waals surface area contributed by atoms with Crippen molar-refractivity contribution in [3.05, 3.63) is 35.4 Å². The molecule has 0 aromatic heterocycles. The van der Waals surface area contributed by atoms with Gasteiger partial charge in [0.25, 0.3) is 0 Å². The molecule has 0 radical (unpaired) electrons. The Balaban J connectivity index is 0.000000165. The molecule has 1 amide bonds. The molecule has 2 unspecified atom stereocenters. The van der Waals surface area contributed by atoms with Gasteiger partial charge in [-0.25, -0.2) is 0 Å². The topological polar surface area (TPSA) is 43.1 Å². The zero-order chi connectivity index (χ0) is 10.1. The molecule has 1 fully saturated rings. The van der Waals surface area contributed by atoms with Gasteiger partial charge in [-0.15, -0.1) is 0 Å². The maximum absolute atomic E-state index is 9.22. The number of carbonyl (C=O) groups excluding carboxylic acids is 1. The van der Waals surface area contributed by atoms with Crippen LogP contribution < -0.4 is 5.73 Å². The van der Waals surface area contributed by atoms with Gasteiger partial charge in [-0.2, -0.15) is 0 Å². The van der Waals surface area contributed by atoms with Crippen molar-refractivity contribution < 1.29 is 4.79 Å². The summed E-state index contributed by atoms with van der Waals surface area (Å²) in [5, 5.41) is 0. The van der Waals surface area contributed by atoms with Gasteiger partial charge in [0, 0.05) is 6.92 Å². The molecule has 14 heavy (non-hydrogen) atoms. The van der Waals surface area contributed by atoms with Gasteiger partial charge in [0.15, 0.2) is 0 Å². The van der Waals surface area contributed by atoms with Crippen molar-refractivity contribution >= 4 is 5.91 Å². The maximum atomic E-state index is 9.22. The average Bonchev–Trinajstić information content (AvgIpc) is 2.78. The van der Waals surface area contributed by atoms with Crippen molar-refractivity contribution in [2.45, 2.75) is 25.7 Å². The smallest absolute Gasteiger partial charge is 0.214 e. The molecule has 1 aromatic carbocycles. The molecular weight excluding hydrogens is 174 g/mol. The second-order valence-electron chi connectivity index (χ2n) is 4.12. The SMILES string of the molecule is CC(N)=O.c1ccc2c(c1)CC1CC21. The Morgan fingerprint density at radius 1 is 1.43 bits per heavy atom. The third kappa shape index (κ3) is 1.79. The zero-order valence-corrected chi connectivity index (χ0v) is 8.36. The van der Waals surface area contributed by atoms with Crippen LogP contribution in [0.2, 0.25) is 0 Å². The molecule has 0 spiro atoms. The highest BCUT2D eigenvalue weighted by molar-refractivity contribution is 5.70. The first kappa shape index (κ1) is 9.25. The summed E-state index contributed by atoms with van der Waals surface area (Å²) in [5.41, 5.74) is 7.73. The van der Waals surface area contributed by atoms with Gasteiger partial charge in [0.2, 0.25) is 5.91 Å². The molecule has 2 heteroatoms. The van der Waals surface area contributed by atoms with Crippen LogP contribution in [0.15, 0.2) is 24.3 Å². The molecule has 0 saturated heterocycles. The summed E-state index contributed by atoms with van der Waals surface area (Å²) in [6.45, 7) is 1.31. The first-order valence-corrected chi connectivity index (χ1v) is 5.02. The van der Waals surface area contributed by atoms with Crippen LogP contribution in [-0.2, 0) is 11.2 Å². The monoisotopic (exact) mass is 189 g/mol. The van der Waals surface area contributed by atoms with Crippen molar-refractivity contribution in [3.63, 3.8) is 0 Å². The molecule has 3 rings (SSSR count). The molecule has 1 saturated carbocycles. The van der Waals surface area contributed by atoms with E-state index < -0.39 is 0 Å². The van der Waals surface area contributed by atoms with E-state index in [1.54, 1.807) is 11.1 Å². The Hall–Kier alpha value is -1.31. The summed E-state index contributed by atoms with van der Waals surface area (Å²) in [6, 6.07) is 8.90. The molecule has 2 atom stereocenters. The maximum Gasteiger partial charge on any atom is 0.214 e. The highest BCUT2D eigenvalue weighted by atomic mass is 16.1. The second-order valence-corrected chi connectivity index (χ2v) is 4.12. The number of benzene rings is 1. The number of nitrogens with two attached hydrogens (primary N) is 1.